The standard InChI is InChI=1S/C34H36ClN5O6/c1-33(27-9-8-21(35)17-37-27)45-25-7-3-6-23(31(25)46-33)34-11-10-28(34)36-12-13-39(34)19-29-38-30-24(40(29)18-22-5-4-14-44-22)15-20(32(41)42)16-26(30)43-2/h3,6-9,15-17,22,28,36H,4-5,10-14,18-19H2,1-2H3,(H,41,42)/t22-,28?,33+,34?/m0/s1. The second kappa shape index (κ2) is 11.1. The number of carbonyl (C=O) groups is 1. The van der Waals surface area contributed by atoms with Crippen LogP contribution in [0.1, 0.15) is 60.0 Å². The number of pyridine rings is 1. The number of hydrogen-bond donors (Lipinski definition) is 2. The molecule has 4 aromatic rings. The van der Waals surface area contributed by atoms with Crippen LogP contribution in [-0.4, -0.2) is 69.5 Å². The van der Waals surface area contributed by atoms with Crippen LogP contribution in [0.25, 0.3) is 11.0 Å². The third-order valence-electron chi connectivity index (χ3n) is 10.1. The molecule has 1 aliphatic carbocycles. The van der Waals surface area contributed by atoms with E-state index in [2.05, 4.69) is 25.8 Å². The molecule has 3 fully saturated rings. The quantitative estimate of drug-likeness (QED) is 0.269. The van der Waals surface area contributed by atoms with Crippen LogP contribution in [0.5, 0.6) is 17.2 Å². The lowest BCUT2D eigenvalue weighted by Crippen LogP contribution is -2.70. The van der Waals surface area contributed by atoms with Crippen LogP contribution in [0, 0.1) is 0 Å². The topological polar surface area (TPSA) is 120 Å². The van der Waals surface area contributed by atoms with Crippen molar-refractivity contribution < 1.29 is 28.8 Å². The third-order valence-corrected chi connectivity index (χ3v) is 10.3. The molecule has 8 rings (SSSR count). The zero-order valence-corrected chi connectivity index (χ0v) is 26.5. The Morgan fingerprint density at radius 3 is 2.83 bits per heavy atom. The lowest BCUT2D eigenvalue weighted by atomic mass is 9.64. The van der Waals surface area contributed by atoms with Gasteiger partial charge in [0.05, 0.1) is 47.9 Å². The van der Waals surface area contributed by atoms with Crippen molar-refractivity contribution in [1.29, 1.82) is 0 Å². The molecule has 46 heavy (non-hydrogen) atoms. The van der Waals surface area contributed by atoms with Gasteiger partial charge < -0.3 is 33.9 Å². The normalized spacial score (nSPS) is 27.0. The number of nitrogens with zero attached hydrogens (tertiary/aromatic N) is 4. The highest BCUT2D eigenvalue weighted by molar-refractivity contribution is 6.30. The second-order valence-electron chi connectivity index (χ2n) is 12.7. The first-order chi connectivity index (χ1) is 22.3. The van der Waals surface area contributed by atoms with Crippen molar-refractivity contribution >= 4 is 28.6 Å². The number of ether oxygens (including phenoxy) is 4. The van der Waals surface area contributed by atoms with Crippen molar-refractivity contribution in [3.8, 4) is 17.2 Å². The molecule has 2 aromatic carbocycles. The third kappa shape index (κ3) is 4.63. The number of carboxylic acid groups (broad SMARTS) is 1. The highest BCUT2D eigenvalue weighted by Gasteiger charge is 2.57. The van der Waals surface area contributed by atoms with E-state index in [1.807, 2.05) is 25.1 Å². The van der Waals surface area contributed by atoms with Crippen molar-refractivity contribution in [2.45, 2.75) is 69.2 Å². The number of fused-ring (bicyclic) bond motifs is 3. The average Bonchev–Trinajstić information content (AvgIpc) is 3.76. The molecule has 11 nitrogen and oxygen atoms in total. The molecule has 3 aliphatic heterocycles. The van der Waals surface area contributed by atoms with Gasteiger partial charge in [-0.15, -0.1) is 0 Å². The molecule has 1 saturated carbocycles. The SMILES string of the molecule is COc1cc(C(=O)O)cc2c1nc(CN1CCNC3CCC31c1cccc3c1O[C@](C)(c1ccc(Cl)cn1)O3)n2C[C@@H]1CCCO1. The van der Waals surface area contributed by atoms with Gasteiger partial charge in [-0.1, -0.05) is 23.7 Å². The van der Waals surface area contributed by atoms with Crippen molar-refractivity contribution in [2.24, 2.45) is 0 Å². The Labute approximate surface area is 271 Å². The van der Waals surface area contributed by atoms with Crippen LogP contribution in [0.15, 0.2) is 48.7 Å². The smallest absolute Gasteiger partial charge is 0.335 e. The summed E-state index contributed by atoms with van der Waals surface area (Å²) in [7, 11) is 1.55. The maximum atomic E-state index is 12.1. The van der Waals surface area contributed by atoms with E-state index in [-0.39, 0.29) is 23.2 Å². The van der Waals surface area contributed by atoms with E-state index in [1.54, 1.807) is 31.5 Å². The van der Waals surface area contributed by atoms with Crippen LogP contribution in [0.3, 0.4) is 0 Å². The highest BCUT2D eigenvalue weighted by atomic mass is 35.5. The maximum absolute atomic E-state index is 12.1. The van der Waals surface area contributed by atoms with Gasteiger partial charge in [-0.25, -0.2) is 9.78 Å². The van der Waals surface area contributed by atoms with Crippen molar-refractivity contribution in [3.63, 3.8) is 0 Å². The lowest BCUT2D eigenvalue weighted by molar-refractivity contribution is -0.0810. The molecule has 4 aliphatic rings. The number of aromatic carboxylic acids is 1. The number of nitrogens with one attached hydrogen (secondary N) is 1. The minimum atomic E-state index is -1.10. The second-order valence-corrected chi connectivity index (χ2v) is 13.1. The first kappa shape index (κ1) is 29.5. The Kier molecular flexibility index (Phi) is 7.13. The summed E-state index contributed by atoms with van der Waals surface area (Å²) in [5.41, 5.74) is 2.89. The number of imidazole rings is 1. The number of para-hydroxylation sites is 1. The Hall–Kier alpha value is -3.90. The van der Waals surface area contributed by atoms with Gasteiger partial charge in [-0.05, 0) is 56.0 Å². The highest BCUT2D eigenvalue weighted by Crippen LogP contribution is 2.56. The first-order valence-corrected chi connectivity index (χ1v) is 16.2. The summed E-state index contributed by atoms with van der Waals surface area (Å²) < 4.78 is 27.0. The number of hydrogen-bond acceptors (Lipinski definition) is 9. The van der Waals surface area contributed by atoms with Crippen LogP contribution in [0.2, 0.25) is 5.02 Å². The van der Waals surface area contributed by atoms with Crippen molar-refractivity contribution in [3.05, 3.63) is 76.3 Å². The summed E-state index contributed by atoms with van der Waals surface area (Å²) >= 11 is 6.12. The molecule has 0 bridgehead atoms. The van der Waals surface area contributed by atoms with E-state index >= 15 is 0 Å². The summed E-state index contributed by atoms with van der Waals surface area (Å²) in [6.45, 7) is 5.37. The molecule has 0 spiro atoms. The molecule has 0 amide bonds. The predicted octanol–water partition coefficient (Wildman–Crippen LogP) is 5.08. The Balaban J connectivity index is 1.20. The van der Waals surface area contributed by atoms with Gasteiger partial charge in [-0.3, -0.25) is 9.88 Å². The van der Waals surface area contributed by atoms with Crippen LogP contribution >= 0.6 is 11.6 Å². The first-order valence-electron chi connectivity index (χ1n) is 15.8. The van der Waals surface area contributed by atoms with E-state index in [4.69, 9.17) is 35.5 Å². The molecule has 0 radical (unpaired) electrons. The summed E-state index contributed by atoms with van der Waals surface area (Å²) in [6.07, 6.45) is 5.54. The number of aromatic nitrogens is 3. The Morgan fingerprint density at radius 2 is 2.11 bits per heavy atom. The monoisotopic (exact) mass is 645 g/mol. The molecule has 2 unspecified atom stereocenters. The molecule has 240 valence electrons. The molecule has 4 atom stereocenters. The Bertz CT molecular complexity index is 1830. The van der Waals surface area contributed by atoms with Gasteiger partial charge >= 0.3 is 5.97 Å². The molecule has 12 heteroatoms. The zero-order chi connectivity index (χ0) is 31.6. The fourth-order valence-electron chi connectivity index (χ4n) is 7.72. The number of halogens is 1. The molecule has 2 aromatic heterocycles. The van der Waals surface area contributed by atoms with E-state index in [0.717, 1.165) is 68.0 Å². The zero-order valence-electron chi connectivity index (χ0n) is 25.8. The van der Waals surface area contributed by atoms with E-state index in [9.17, 15) is 9.90 Å². The van der Waals surface area contributed by atoms with E-state index < -0.39 is 11.8 Å². The van der Waals surface area contributed by atoms with Gasteiger partial charge in [-0.2, -0.15) is 0 Å². The predicted molar refractivity (Wildman–Crippen MR) is 170 cm³/mol. The fourth-order valence-corrected chi connectivity index (χ4v) is 7.83. The average molecular weight is 646 g/mol. The number of benzene rings is 2. The maximum Gasteiger partial charge on any atom is 0.335 e. The van der Waals surface area contributed by atoms with Crippen LogP contribution < -0.4 is 19.5 Å². The number of piperazine rings is 1. The molecule has 5 heterocycles. The number of rotatable bonds is 8. The van der Waals surface area contributed by atoms with Gasteiger partial charge in [0.25, 0.3) is 5.79 Å². The van der Waals surface area contributed by atoms with Gasteiger partial charge in [0.1, 0.15) is 22.8 Å². The largest absolute Gasteiger partial charge is 0.494 e. The number of carboxylic acids is 1. The molecular formula is C34H36ClN5O6. The van der Waals surface area contributed by atoms with Gasteiger partial charge in [0.2, 0.25) is 0 Å². The van der Waals surface area contributed by atoms with E-state index in [0.29, 0.717) is 40.8 Å². The minimum absolute atomic E-state index is 0.0335. The molecule has 2 N–H and O–H groups in total. The fraction of sp³-hybridized carbons (Fsp3) is 0.441. The Morgan fingerprint density at radius 1 is 1.22 bits per heavy atom. The van der Waals surface area contributed by atoms with Crippen molar-refractivity contribution in [1.82, 2.24) is 24.8 Å². The van der Waals surface area contributed by atoms with Gasteiger partial charge in [0, 0.05) is 44.4 Å². The lowest BCUT2D eigenvalue weighted by Gasteiger charge is -2.59. The van der Waals surface area contributed by atoms with Crippen molar-refractivity contribution in [2.75, 3.05) is 26.8 Å². The van der Waals surface area contributed by atoms with Crippen LogP contribution in [0.4, 0.5) is 0 Å². The minimum Gasteiger partial charge on any atom is -0.494 e. The summed E-state index contributed by atoms with van der Waals surface area (Å²) in [5.74, 6) is 0.587. The van der Waals surface area contributed by atoms with E-state index in [1.165, 1.54) is 0 Å². The molecule has 2 saturated heterocycles. The summed E-state index contributed by atoms with van der Waals surface area (Å²) in [6, 6.07) is 13.2. The number of methoxy groups -OCH3 is 1. The summed E-state index contributed by atoms with van der Waals surface area (Å²) in [4.78, 5) is 24.2. The summed E-state index contributed by atoms with van der Waals surface area (Å²) in [5, 5.41) is 14.2. The van der Waals surface area contributed by atoms with Gasteiger partial charge in [0.15, 0.2) is 11.5 Å². The molecular weight excluding hydrogens is 610 g/mol. The van der Waals surface area contributed by atoms with Crippen LogP contribution in [-0.2, 0) is 29.2 Å².